The van der Waals surface area contributed by atoms with Crippen molar-refractivity contribution in [3.05, 3.63) is 0 Å². The average molecular weight is 721 g/mol. The van der Waals surface area contributed by atoms with Crippen LogP contribution in [0.3, 0.4) is 0 Å². The summed E-state index contributed by atoms with van der Waals surface area (Å²) in [4.78, 5) is 46.4. The molecular formula is C37H71Na2O8P. The summed E-state index contributed by atoms with van der Waals surface area (Å²) in [5, 5.41) is 0. The molecule has 0 aliphatic rings. The van der Waals surface area contributed by atoms with Crippen molar-refractivity contribution in [2.75, 3.05) is 13.2 Å². The number of phosphoric ester groups is 1. The van der Waals surface area contributed by atoms with Gasteiger partial charge in [-0.05, 0) is 12.8 Å². The first kappa shape index (κ1) is 53.4. The number of rotatable bonds is 36. The predicted molar refractivity (Wildman–Crippen MR) is 184 cm³/mol. The van der Waals surface area contributed by atoms with Gasteiger partial charge in [-0.1, -0.05) is 181 Å². The van der Waals surface area contributed by atoms with Gasteiger partial charge in [0.1, 0.15) is 6.61 Å². The molecule has 0 aromatic carbocycles. The van der Waals surface area contributed by atoms with Gasteiger partial charge >= 0.3 is 71.1 Å². The molecule has 11 heteroatoms. The van der Waals surface area contributed by atoms with Crippen LogP contribution in [0.1, 0.15) is 206 Å². The van der Waals surface area contributed by atoms with Gasteiger partial charge in [0.2, 0.25) is 0 Å². The number of hydrogen-bond donors (Lipinski definition) is 0. The third-order valence-corrected chi connectivity index (χ3v) is 9.08. The Kier molecular flexibility index (Phi) is 45.4. The SMILES string of the molecule is CCCCCCCCCCCCCCCCC(=O)OC[C@H](COP(=O)([O-])[O-])OC(=O)CCCCCCCCCCCCCCCC.[Na+].[Na+]. The molecule has 0 aliphatic carbocycles. The number of hydrogen-bond acceptors (Lipinski definition) is 8. The van der Waals surface area contributed by atoms with Crippen molar-refractivity contribution in [2.24, 2.45) is 0 Å². The van der Waals surface area contributed by atoms with Gasteiger partial charge in [-0.15, -0.1) is 0 Å². The van der Waals surface area contributed by atoms with Crippen molar-refractivity contribution in [3.8, 4) is 0 Å². The van der Waals surface area contributed by atoms with Crippen LogP contribution in [0.4, 0.5) is 0 Å². The van der Waals surface area contributed by atoms with Crippen LogP contribution < -0.4 is 68.9 Å². The van der Waals surface area contributed by atoms with E-state index in [2.05, 4.69) is 18.4 Å². The van der Waals surface area contributed by atoms with E-state index in [0.29, 0.717) is 12.8 Å². The fourth-order valence-electron chi connectivity index (χ4n) is 5.72. The molecule has 0 N–H and O–H groups in total. The Hall–Kier alpha value is 1.05. The molecule has 0 saturated heterocycles. The first-order chi connectivity index (χ1) is 22.3. The van der Waals surface area contributed by atoms with E-state index in [1.807, 2.05) is 0 Å². The molecule has 8 nitrogen and oxygen atoms in total. The Bertz CT molecular complexity index is 738. The van der Waals surface area contributed by atoms with Gasteiger partial charge in [0.25, 0.3) is 0 Å². The molecule has 0 heterocycles. The Labute approximate surface area is 340 Å². The summed E-state index contributed by atoms with van der Waals surface area (Å²) >= 11 is 0. The number of unbranched alkanes of at least 4 members (excludes halogenated alkanes) is 26. The van der Waals surface area contributed by atoms with Crippen molar-refractivity contribution in [1.82, 2.24) is 0 Å². The zero-order valence-electron chi connectivity index (χ0n) is 31.9. The van der Waals surface area contributed by atoms with Gasteiger partial charge in [0.05, 0.1) is 14.4 Å². The average Bonchev–Trinajstić information content (AvgIpc) is 3.02. The van der Waals surface area contributed by atoms with Crippen molar-refractivity contribution in [1.29, 1.82) is 0 Å². The van der Waals surface area contributed by atoms with E-state index in [9.17, 15) is 23.9 Å². The van der Waals surface area contributed by atoms with E-state index in [-0.39, 0.29) is 78.6 Å². The standard InChI is InChI=1S/C37H73O8P.2Na/c1-3-5-7-9-11-13-15-17-19-21-23-25-27-29-31-36(38)43-33-35(34-44-46(40,41)42)45-37(39)32-30-28-26-24-22-20-18-16-14-12-10-8-6-4-2;;/h35H,3-34H2,1-2H3,(H2,40,41,42);;/q;2*+1/p-2/t35-;;/m1../s1. The summed E-state index contributed by atoms with van der Waals surface area (Å²) in [6.07, 6.45) is 33.5. The van der Waals surface area contributed by atoms with Crippen molar-refractivity contribution >= 4 is 19.8 Å². The topological polar surface area (TPSA) is 125 Å². The number of carbonyl (C=O) groups excluding carboxylic acids is 2. The van der Waals surface area contributed by atoms with Crippen molar-refractivity contribution in [3.63, 3.8) is 0 Å². The van der Waals surface area contributed by atoms with Crippen LogP contribution in [0, 0.1) is 0 Å². The first-order valence-corrected chi connectivity index (χ1v) is 20.8. The molecule has 0 aromatic rings. The fourth-order valence-corrected chi connectivity index (χ4v) is 6.07. The molecule has 0 spiro atoms. The van der Waals surface area contributed by atoms with Crippen LogP contribution in [-0.2, 0) is 28.2 Å². The van der Waals surface area contributed by atoms with E-state index in [1.165, 1.54) is 135 Å². The Morgan fingerprint density at radius 2 is 0.771 bits per heavy atom. The second-order valence-electron chi connectivity index (χ2n) is 13.2. The molecule has 0 saturated carbocycles. The van der Waals surface area contributed by atoms with Crippen molar-refractivity contribution in [2.45, 2.75) is 213 Å². The Morgan fingerprint density at radius 1 is 0.479 bits per heavy atom. The molecule has 0 rings (SSSR count). The van der Waals surface area contributed by atoms with Gasteiger partial charge in [-0.25, -0.2) is 0 Å². The molecule has 0 unspecified atom stereocenters. The van der Waals surface area contributed by atoms with E-state index in [1.54, 1.807) is 0 Å². The van der Waals surface area contributed by atoms with Gasteiger partial charge in [0, 0.05) is 12.8 Å². The summed E-state index contributed by atoms with van der Waals surface area (Å²) in [5.41, 5.74) is 0. The van der Waals surface area contributed by atoms with E-state index < -0.39 is 32.5 Å². The second kappa shape index (κ2) is 40.8. The Balaban J connectivity index is -0.0000101. The summed E-state index contributed by atoms with van der Waals surface area (Å²) in [6.45, 7) is 3.51. The molecule has 0 amide bonds. The van der Waals surface area contributed by atoms with E-state index in [0.717, 1.165) is 32.1 Å². The maximum absolute atomic E-state index is 12.3. The van der Waals surface area contributed by atoms with Crippen LogP contribution >= 0.6 is 7.82 Å². The zero-order valence-corrected chi connectivity index (χ0v) is 36.8. The van der Waals surface area contributed by atoms with E-state index in [4.69, 9.17) is 9.47 Å². The monoisotopic (exact) mass is 720 g/mol. The minimum absolute atomic E-state index is 0. The normalized spacial score (nSPS) is 11.8. The van der Waals surface area contributed by atoms with E-state index >= 15 is 0 Å². The molecule has 0 radical (unpaired) electrons. The molecular weight excluding hydrogens is 649 g/mol. The fraction of sp³-hybridized carbons (Fsp3) is 0.946. The van der Waals surface area contributed by atoms with Crippen LogP contribution in [-0.4, -0.2) is 31.3 Å². The second-order valence-corrected chi connectivity index (χ2v) is 14.4. The molecule has 0 aliphatic heterocycles. The maximum Gasteiger partial charge on any atom is 1.00 e. The molecule has 1 atom stereocenters. The third-order valence-electron chi connectivity index (χ3n) is 8.62. The minimum atomic E-state index is -5.24. The zero-order chi connectivity index (χ0) is 34.0. The van der Waals surface area contributed by atoms with Gasteiger partial charge in [-0.3, -0.25) is 9.59 Å². The number of phosphoric acid groups is 1. The smallest absolute Gasteiger partial charge is 0.790 e. The van der Waals surface area contributed by atoms with Crippen molar-refractivity contribution < 1.29 is 97.1 Å². The molecule has 0 aromatic heterocycles. The molecule has 0 bridgehead atoms. The summed E-state index contributed by atoms with van der Waals surface area (Å²) < 4.78 is 25.8. The molecule has 0 fully saturated rings. The first-order valence-electron chi connectivity index (χ1n) is 19.3. The minimum Gasteiger partial charge on any atom is -0.790 e. The Morgan fingerprint density at radius 3 is 1.08 bits per heavy atom. The summed E-state index contributed by atoms with van der Waals surface area (Å²) in [5.74, 6) is -0.943. The van der Waals surface area contributed by atoms with Crippen LogP contribution in [0.2, 0.25) is 0 Å². The summed E-state index contributed by atoms with van der Waals surface area (Å²) in [7, 11) is -5.24. The summed E-state index contributed by atoms with van der Waals surface area (Å²) in [6, 6.07) is 0. The quantitative estimate of drug-likeness (QED) is 0.0412. The number of carbonyl (C=O) groups is 2. The maximum atomic E-state index is 12.3. The predicted octanol–water partition coefficient (Wildman–Crippen LogP) is 4.04. The van der Waals surface area contributed by atoms with Gasteiger partial charge < -0.3 is 28.3 Å². The third kappa shape index (κ3) is 43.2. The molecule has 274 valence electrons. The number of ether oxygens (including phenoxy) is 2. The largest absolute Gasteiger partial charge is 1.00 e. The molecule has 48 heavy (non-hydrogen) atoms. The van der Waals surface area contributed by atoms with Crippen LogP contribution in [0.25, 0.3) is 0 Å². The van der Waals surface area contributed by atoms with Gasteiger partial charge in [0.15, 0.2) is 6.10 Å². The van der Waals surface area contributed by atoms with Crippen LogP contribution in [0.15, 0.2) is 0 Å². The van der Waals surface area contributed by atoms with Crippen LogP contribution in [0.5, 0.6) is 0 Å². The number of esters is 2. The van der Waals surface area contributed by atoms with Gasteiger partial charge in [-0.2, -0.15) is 0 Å².